The van der Waals surface area contributed by atoms with Crippen molar-refractivity contribution in [1.29, 1.82) is 0 Å². The Morgan fingerprint density at radius 2 is 2.57 bits per heavy atom. The largest absolute Gasteiger partial charge is 0.131 e. The first-order valence-corrected chi connectivity index (χ1v) is 3.74. The monoisotopic (exact) mass is 114 g/mol. The fraction of sp³-hybridized carbons (Fsp3) is 0.667. The molecule has 0 aliphatic carbocycles. The van der Waals surface area contributed by atoms with E-state index in [4.69, 9.17) is 0 Å². The van der Waals surface area contributed by atoms with Gasteiger partial charge in [0, 0.05) is 5.75 Å². The Morgan fingerprint density at radius 3 is 2.71 bits per heavy atom. The van der Waals surface area contributed by atoms with Crippen LogP contribution in [0.25, 0.3) is 0 Å². The Bertz CT molecular complexity index is 78.2. The summed E-state index contributed by atoms with van der Waals surface area (Å²) in [5, 5.41) is 0. The van der Waals surface area contributed by atoms with Gasteiger partial charge in [-0.05, 0) is 17.7 Å². The SMILES string of the molecule is CCC=C1CCS1. The lowest BCUT2D eigenvalue weighted by molar-refractivity contribution is 1.11. The van der Waals surface area contributed by atoms with Crippen LogP contribution in [0.2, 0.25) is 0 Å². The predicted molar refractivity (Wildman–Crippen MR) is 35.4 cm³/mol. The molecule has 0 N–H and O–H groups in total. The van der Waals surface area contributed by atoms with E-state index in [0.29, 0.717) is 0 Å². The van der Waals surface area contributed by atoms with E-state index in [1.807, 2.05) is 11.8 Å². The third-order valence-corrected chi connectivity index (χ3v) is 2.22. The van der Waals surface area contributed by atoms with Gasteiger partial charge in [0.2, 0.25) is 0 Å². The number of rotatable bonds is 1. The molecule has 7 heavy (non-hydrogen) atoms. The average molecular weight is 114 g/mol. The first-order valence-electron chi connectivity index (χ1n) is 2.75. The molecule has 0 radical (unpaired) electrons. The summed E-state index contributed by atoms with van der Waals surface area (Å²) in [6.45, 7) is 2.19. The molecule has 1 rings (SSSR count). The topological polar surface area (TPSA) is 0 Å². The minimum Gasteiger partial charge on any atom is -0.131 e. The third kappa shape index (κ3) is 1.23. The van der Waals surface area contributed by atoms with E-state index in [2.05, 4.69) is 13.0 Å². The molecule has 0 atom stereocenters. The van der Waals surface area contributed by atoms with Crippen molar-refractivity contribution in [2.24, 2.45) is 0 Å². The number of hydrogen-bond donors (Lipinski definition) is 0. The smallest absolute Gasteiger partial charge is 0.00221 e. The van der Waals surface area contributed by atoms with Crippen LogP contribution in [-0.2, 0) is 0 Å². The molecule has 1 heteroatoms. The Hall–Kier alpha value is 0.0900. The van der Waals surface area contributed by atoms with Crippen molar-refractivity contribution in [2.45, 2.75) is 19.8 Å². The first-order chi connectivity index (χ1) is 3.43. The molecule has 0 spiro atoms. The molecule has 0 aromatic carbocycles. The fourth-order valence-electron chi connectivity index (χ4n) is 0.609. The van der Waals surface area contributed by atoms with Gasteiger partial charge in [0.25, 0.3) is 0 Å². The van der Waals surface area contributed by atoms with E-state index < -0.39 is 0 Å². The second-order valence-electron chi connectivity index (χ2n) is 1.68. The zero-order valence-electron chi connectivity index (χ0n) is 4.61. The van der Waals surface area contributed by atoms with Crippen LogP contribution in [-0.4, -0.2) is 5.75 Å². The van der Waals surface area contributed by atoms with Crippen LogP contribution in [0, 0.1) is 0 Å². The van der Waals surface area contributed by atoms with Gasteiger partial charge in [0.05, 0.1) is 0 Å². The van der Waals surface area contributed by atoms with Crippen LogP contribution in [0.4, 0.5) is 0 Å². The second kappa shape index (κ2) is 2.41. The van der Waals surface area contributed by atoms with Crippen molar-refractivity contribution < 1.29 is 0 Å². The highest BCUT2D eigenvalue weighted by Crippen LogP contribution is 2.31. The van der Waals surface area contributed by atoms with Gasteiger partial charge in [-0.2, -0.15) is 0 Å². The number of allylic oxidation sites excluding steroid dienone is 2. The van der Waals surface area contributed by atoms with Gasteiger partial charge in [-0.25, -0.2) is 0 Å². The van der Waals surface area contributed by atoms with Crippen molar-refractivity contribution >= 4 is 11.8 Å². The molecule has 0 unspecified atom stereocenters. The molecule has 1 fully saturated rings. The molecule has 1 aliphatic rings. The van der Waals surface area contributed by atoms with Gasteiger partial charge in [-0.15, -0.1) is 11.8 Å². The molecule has 0 saturated carbocycles. The van der Waals surface area contributed by atoms with Gasteiger partial charge in [0.1, 0.15) is 0 Å². The lowest BCUT2D eigenvalue weighted by atomic mass is 10.3. The van der Waals surface area contributed by atoms with Crippen LogP contribution < -0.4 is 0 Å². The molecule has 1 heterocycles. The highest BCUT2D eigenvalue weighted by atomic mass is 32.2. The predicted octanol–water partition coefficient (Wildman–Crippen LogP) is 2.42. The average Bonchev–Trinajstić information content (AvgIpc) is 1.55. The Labute approximate surface area is 49.0 Å². The summed E-state index contributed by atoms with van der Waals surface area (Å²) in [5.41, 5.74) is 0. The maximum absolute atomic E-state index is 2.31. The maximum Gasteiger partial charge on any atom is 0.00221 e. The van der Waals surface area contributed by atoms with Crippen LogP contribution in [0.15, 0.2) is 11.0 Å². The molecule has 0 amide bonds. The first kappa shape index (κ1) is 5.23. The zero-order chi connectivity index (χ0) is 5.11. The normalized spacial score (nSPS) is 25.0. The summed E-state index contributed by atoms with van der Waals surface area (Å²) in [6.07, 6.45) is 4.87. The molecule has 0 aromatic rings. The van der Waals surface area contributed by atoms with E-state index in [-0.39, 0.29) is 0 Å². The Morgan fingerprint density at radius 1 is 1.86 bits per heavy atom. The summed E-state index contributed by atoms with van der Waals surface area (Å²) >= 11 is 1.99. The van der Waals surface area contributed by atoms with Crippen molar-refractivity contribution in [3.63, 3.8) is 0 Å². The molecular weight excluding hydrogens is 104 g/mol. The van der Waals surface area contributed by atoms with Crippen LogP contribution >= 0.6 is 11.8 Å². The Balaban J connectivity index is 2.23. The van der Waals surface area contributed by atoms with Gasteiger partial charge in [0.15, 0.2) is 0 Å². The maximum atomic E-state index is 2.31. The quantitative estimate of drug-likeness (QED) is 0.504. The standard InChI is InChI=1S/C6H10S/c1-2-3-6-4-5-7-6/h3H,2,4-5H2,1H3. The number of thioether (sulfide) groups is 1. The van der Waals surface area contributed by atoms with Crippen LogP contribution in [0.1, 0.15) is 19.8 Å². The van der Waals surface area contributed by atoms with Gasteiger partial charge < -0.3 is 0 Å². The van der Waals surface area contributed by atoms with Gasteiger partial charge >= 0.3 is 0 Å². The Kier molecular flexibility index (Phi) is 1.80. The molecule has 1 aliphatic heterocycles. The van der Waals surface area contributed by atoms with Gasteiger partial charge in [-0.3, -0.25) is 0 Å². The molecule has 0 aromatic heterocycles. The lowest BCUT2D eigenvalue weighted by Gasteiger charge is -2.14. The van der Waals surface area contributed by atoms with E-state index in [9.17, 15) is 0 Å². The van der Waals surface area contributed by atoms with E-state index in [1.54, 1.807) is 4.91 Å². The fourth-order valence-corrected chi connectivity index (χ4v) is 1.33. The molecular formula is C6H10S. The molecule has 0 nitrogen and oxygen atoms in total. The van der Waals surface area contributed by atoms with E-state index in [0.717, 1.165) is 0 Å². The zero-order valence-corrected chi connectivity index (χ0v) is 5.42. The summed E-state index contributed by atoms with van der Waals surface area (Å²) in [4.78, 5) is 1.60. The van der Waals surface area contributed by atoms with Crippen molar-refractivity contribution in [3.05, 3.63) is 11.0 Å². The van der Waals surface area contributed by atoms with Crippen molar-refractivity contribution in [3.8, 4) is 0 Å². The molecule has 1 saturated heterocycles. The second-order valence-corrected chi connectivity index (χ2v) is 2.90. The van der Waals surface area contributed by atoms with Crippen LogP contribution in [0.5, 0.6) is 0 Å². The third-order valence-electron chi connectivity index (χ3n) is 1.07. The van der Waals surface area contributed by atoms with E-state index in [1.165, 1.54) is 18.6 Å². The minimum absolute atomic E-state index is 1.21. The van der Waals surface area contributed by atoms with Crippen LogP contribution in [0.3, 0.4) is 0 Å². The van der Waals surface area contributed by atoms with Crippen molar-refractivity contribution in [2.75, 3.05) is 5.75 Å². The lowest BCUT2D eigenvalue weighted by Crippen LogP contribution is -1.93. The van der Waals surface area contributed by atoms with E-state index >= 15 is 0 Å². The highest BCUT2D eigenvalue weighted by Gasteiger charge is 2.06. The minimum atomic E-state index is 1.21. The van der Waals surface area contributed by atoms with Gasteiger partial charge in [-0.1, -0.05) is 13.0 Å². The summed E-state index contributed by atoms with van der Waals surface area (Å²) in [5.74, 6) is 1.35. The molecule has 0 bridgehead atoms. The highest BCUT2D eigenvalue weighted by molar-refractivity contribution is 8.04. The summed E-state index contributed by atoms with van der Waals surface area (Å²) in [6, 6.07) is 0. The molecule has 40 valence electrons. The number of hydrogen-bond acceptors (Lipinski definition) is 1. The summed E-state index contributed by atoms with van der Waals surface area (Å²) < 4.78 is 0. The van der Waals surface area contributed by atoms with Crippen molar-refractivity contribution in [1.82, 2.24) is 0 Å². The summed E-state index contributed by atoms with van der Waals surface area (Å²) in [7, 11) is 0.